The molecule has 1 unspecified atom stereocenters. The second-order valence-electron chi connectivity index (χ2n) is 8.57. The number of ether oxygens (including phenoxy) is 2. The molecule has 1 aromatic carbocycles. The van der Waals surface area contributed by atoms with Gasteiger partial charge in [-0.3, -0.25) is 0 Å². The summed E-state index contributed by atoms with van der Waals surface area (Å²) in [5.74, 6) is -1.83. The quantitative estimate of drug-likeness (QED) is 0.456. The Hall–Kier alpha value is -3.82. The van der Waals surface area contributed by atoms with Crippen molar-refractivity contribution in [1.82, 2.24) is 4.98 Å². The van der Waals surface area contributed by atoms with Gasteiger partial charge in [0.15, 0.2) is 0 Å². The Bertz CT molecular complexity index is 1320. The van der Waals surface area contributed by atoms with Crippen LogP contribution >= 0.6 is 11.8 Å². The lowest BCUT2D eigenvalue weighted by Crippen LogP contribution is -2.26. The van der Waals surface area contributed by atoms with Crippen molar-refractivity contribution in [3.05, 3.63) is 81.3 Å². The highest BCUT2D eigenvalue weighted by Gasteiger charge is 2.37. The van der Waals surface area contributed by atoms with Gasteiger partial charge in [-0.1, -0.05) is 36.7 Å². The van der Waals surface area contributed by atoms with Gasteiger partial charge in [-0.05, 0) is 55.0 Å². The standard InChI is InChI=1S/C27H25FN4O3S/c1-34-27(33)24-22(35-25(31)20(14-30)23(24)16-8-10-19(28)11-9-16)15-36-26-18(13-29)12-17-6-4-2-3-5-7-21(17)32-26/h8-12,23H,2-7,15,31H2,1H3. The summed E-state index contributed by atoms with van der Waals surface area (Å²) in [6, 6.07) is 11.7. The Balaban J connectivity index is 1.73. The van der Waals surface area contributed by atoms with E-state index >= 15 is 0 Å². The van der Waals surface area contributed by atoms with Gasteiger partial charge in [0.25, 0.3) is 0 Å². The fourth-order valence-electron chi connectivity index (χ4n) is 4.54. The van der Waals surface area contributed by atoms with Gasteiger partial charge in [-0.2, -0.15) is 10.5 Å². The number of nitriles is 2. The van der Waals surface area contributed by atoms with Crippen molar-refractivity contribution < 1.29 is 18.7 Å². The summed E-state index contributed by atoms with van der Waals surface area (Å²) in [5, 5.41) is 20.1. The van der Waals surface area contributed by atoms with Crippen LogP contribution in [0.5, 0.6) is 0 Å². The summed E-state index contributed by atoms with van der Waals surface area (Å²) in [7, 11) is 1.24. The first-order valence-corrected chi connectivity index (χ1v) is 12.7. The highest BCUT2D eigenvalue weighted by Crippen LogP contribution is 2.41. The van der Waals surface area contributed by atoms with Crippen LogP contribution in [0.4, 0.5) is 4.39 Å². The third-order valence-electron chi connectivity index (χ3n) is 6.33. The number of hydrogen-bond donors (Lipinski definition) is 1. The van der Waals surface area contributed by atoms with E-state index in [2.05, 4.69) is 6.07 Å². The molecule has 2 heterocycles. The van der Waals surface area contributed by atoms with Crippen LogP contribution in [0, 0.1) is 28.5 Å². The van der Waals surface area contributed by atoms with E-state index in [0.29, 0.717) is 16.2 Å². The fraction of sp³-hybridized carbons (Fsp3) is 0.333. The number of fused-ring (bicyclic) bond motifs is 1. The van der Waals surface area contributed by atoms with E-state index in [1.807, 2.05) is 12.1 Å². The number of carbonyl (C=O) groups excluding carboxylic acids is 1. The predicted molar refractivity (Wildman–Crippen MR) is 132 cm³/mol. The molecule has 0 bridgehead atoms. The van der Waals surface area contributed by atoms with Crippen molar-refractivity contribution in [3.8, 4) is 12.1 Å². The summed E-state index contributed by atoms with van der Waals surface area (Å²) in [4.78, 5) is 17.7. The van der Waals surface area contributed by atoms with Gasteiger partial charge in [0.1, 0.15) is 34.3 Å². The number of benzene rings is 1. The number of allylic oxidation sites excluding steroid dienone is 1. The van der Waals surface area contributed by atoms with E-state index in [9.17, 15) is 19.7 Å². The van der Waals surface area contributed by atoms with E-state index in [0.717, 1.165) is 43.4 Å². The molecule has 0 saturated heterocycles. The number of nitrogens with two attached hydrogens (primary N) is 1. The van der Waals surface area contributed by atoms with Crippen LogP contribution in [-0.4, -0.2) is 23.8 Å². The number of carbonyl (C=O) groups is 1. The molecule has 184 valence electrons. The minimum absolute atomic E-state index is 0.0349. The molecule has 2 aliphatic rings. The molecule has 0 spiro atoms. The lowest BCUT2D eigenvalue weighted by atomic mass is 9.83. The average molecular weight is 505 g/mol. The van der Waals surface area contributed by atoms with E-state index in [1.165, 1.54) is 49.6 Å². The van der Waals surface area contributed by atoms with Gasteiger partial charge in [-0.15, -0.1) is 0 Å². The number of pyridine rings is 1. The number of aromatic nitrogens is 1. The molecule has 0 fully saturated rings. The van der Waals surface area contributed by atoms with E-state index < -0.39 is 17.7 Å². The molecule has 2 aromatic rings. The van der Waals surface area contributed by atoms with Crippen molar-refractivity contribution in [2.75, 3.05) is 12.9 Å². The van der Waals surface area contributed by atoms with Crippen LogP contribution in [0.2, 0.25) is 0 Å². The van der Waals surface area contributed by atoms with E-state index in [4.69, 9.17) is 20.2 Å². The van der Waals surface area contributed by atoms with Crippen LogP contribution in [0.15, 0.2) is 58.1 Å². The van der Waals surface area contributed by atoms with Gasteiger partial charge in [-0.25, -0.2) is 14.2 Å². The number of halogens is 1. The first-order valence-electron chi connectivity index (χ1n) is 11.7. The molecular weight excluding hydrogens is 479 g/mol. The summed E-state index contributed by atoms with van der Waals surface area (Å²) in [6.45, 7) is 0. The molecule has 0 amide bonds. The third-order valence-corrected chi connectivity index (χ3v) is 7.32. The second kappa shape index (κ2) is 11.3. The maximum absolute atomic E-state index is 13.6. The van der Waals surface area contributed by atoms with Gasteiger partial charge in [0.05, 0.1) is 29.9 Å². The zero-order valence-electron chi connectivity index (χ0n) is 19.8. The number of hydrogen-bond acceptors (Lipinski definition) is 8. The lowest BCUT2D eigenvalue weighted by Gasteiger charge is -2.28. The molecule has 1 atom stereocenters. The molecular formula is C27H25FN4O3S. The third kappa shape index (κ3) is 5.22. The van der Waals surface area contributed by atoms with Crippen LogP contribution in [0.3, 0.4) is 0 Å². The average Bonchev–Trinajstić information content (AvgIpc) is 2.87. The number of aryl methyl sites for hydroxylation is 2. The summed E-state index contributed by atoms with van der Waals surface area (Å²) in [6.07, 6.45) is 6.22. The second-order valence-corrected chi connectivity index (χ2v) is 9.53. The monoisotopic (exact) mass is 504 g/mol. The number of nitrogens with zero attached hydrogens (tertiary/aromatic N) is 3. The Morgan fingerprint density at radius 2 is 1.92 bits per heavy atom. The summed E-state index contributed by atoms with van der Waals surface area (Å²) < 4.78 is 24.4. The maximum atomic E-state index is 13.6. The Kier molecular flexibility index (Phi) is 7.92. The largest absolute Gasteiger partial charge is 0.466 e. The molecule has 2 N–H and O–H groups in total. The molecule has 36 heavy (non-hydrogen) atoms. The van der Waals surface area contributed by atoms with E-state index in [-0.39, 0.29) is 28.5 Å². The van der Waals surface area contributed by atoms with Crippen molar-refractivity contribution in [1.29, 1.82) is 10.5 Å². The van der Waals surface area contributed by atoms with Crippen LogP contribution in [0.1, 0.15) is 54.0 Å². The van der Waals surface area contributed by atoms with Crippen LogP contribution in [0.25, 0.3) is 0 Å². The molecule has 0 saturated carbocycles. The van der Waals surface area contributed by atoms with Crippen molar-refractivity contribution >= 4 is 17.7 Å². The molecule has 1 aliphatic heterocycles. The Morgan fingerprint density at radius 1 is 1.19 bits per heavy atom. The number of esters is 1. The Labute approximate surface area is 213 Å². The normalized spacial score (nSPS) is 17.7. The SMILES string of the molecule is COC(=O)C1=C(CSc2nc3c(cc2C#N)CCCCCC3)OC(N)=C(C#N)C1c1ccc(F)cc1. The fourth-order valence-corrected chi connectivity index (χ4v) is 5.46. The molecule has 7 nitrogen and oxygen atoms in total. The predicted octanol–water partition coefficient (Wildman–Crippen LogP) is 4.78. The first-order chi connectivity index (χ1) is 17.5. The van der Waals surface area contributed by atoms with E-state index in [1.54, 1.807) is 0 Å². The Morgan fingerprint density at radius 3 is 2.58 bits per heavy atom. The van der Waals surface area contributed by atoms with Crippen LogP contribution < -0.4 is 5.73 Å². The van der Waals surface area contributed by atoms with Gasteiger partial charge >= 0.3 is 5.97 Å². The summed E-state index contributed by atoms with van der Waals surface area (Å²) >= 11 is 1.26. The number of methoxy groups -OCH3 is 1. The smallest absolute Gasteiger partial charge is 0.338 e. The molecule has 1 aliphatic carbocycles. The molecule has 1 aromatic heterocycles. The van der Waals surface area contributed by atoms with Gasteiger partial charge < -0.3 is 15.2 Å². The highest BCUT2D eigenvalue weighted by molar-refractivity contribution is 7.99. The summed E-state index contributed by atoms with van der Waals surface area (Å²) in [5.41, 5.74) is 9.30. The van der Waals surface area contributed by atoms with Gasteiger partial charge in [0.2, 0.25) is 5.88 Å². The van der Waals surface area contributed by atoms with Crippen molar-refractivity contribution in [2.45, 2.75) is 49.5 Å². The van der Waals surface area contributed by atoms with Crippen molar-refractivity contribution in [3.63, 3.8) is 0 Å². The van der Waals surface area contributed by atoms with Crippen LogP contribution in [-0.2, 0) is 27.1 Å². The number of thioether (sulfide) groups is 1. The number of rotatable bonds is 5. The molecule has 9 heteroatoms. The van der Waals surface area contributed by atoms with Crippen molar-refractivity contribution in [2.24, 2.45) is 5.73 Å². The zero-order valence-corrected chi connectivity index (χ0v) is 20.7. The van der Waals surface area contributed by atoms with Gasteiger partial charge in [0, 0.05) is 5.69 Å². The first kappa shape index (κ1) is 25.3. The maximum Gasteiger partial charge on any atom is 0.338 e. The zero-order chi connectivity index (χ0) is 25.7. The molecule has 4 rings (SSSR count). The lowest BCUT2D eigenvalue weighted by molar-refractivity contribution is -0.136. The molecule has 0 radical (unpaired) electrons. The minimum atomic E-state index is -0.883. The highest BCUT2D eigenvalue weighted by atomic mass is 32.2. The topological polar surface area (TPSA) is 122 Å². The minimum Gasteiger partial charge on any atom is -0.466 e.